The zero-order valence-electron chi connectivity index (χ0n) is 11.2. The molecule has 0 saturated heterocycles. The zero-order chi connectivity index (χ0) is 15.7. The molecule has 0 saturated carbocycles. The highest BCUT2D eigenvalue weighted by atomic mass is 19.1. The third-order valence-electron chi connectivity index (χ3n) is 2.08. The summed E-state index contributed by atoms with van der Waals surface area (Å²) in [5.41, 5.74) is 0.368. The van der Waals surface area contributed by atoms with E-state index in [-0.39, 0.29) is 30.4 Å². The summed E-state index contributed by atoms with van der Waals surface area (Å²) in [6.45, 7) is 0.285. The van der Waals surface area contributed by atoms with Crippen molar-refractivity contribution < 1.29 is 32.5 Å². The van der Waals surface area contributed by atoms with Crippen LogP contribution < -0.4 is 0 Å². The van der Waals surface area contributed by atoms with Gasteiger partial charge < -0.3 is 18.9 Å². The van der Waals surface area contributed by atoms with Crippen molar-refractivity contribution in [2.75, 3.05) is 6.61 Å². The van der Waals surface area contributed by atoms with Crippen LogP contribution in [-0.4, -0.2) is 28.0 Å². The molecule has 7 nitrogen and oxygen atoms in total. The standard InChI is InChI=1S/C7H8FNO3.C5H6FNO2/c1-2-11-7(10)6-3-5(4-8)12-9-6;6-2-5-1-4(3-8)7-9-5/h3H,2,4H2,1H3;1,8H,2-3H2. The Morgan fingerprint density at radius 2 is 1.86 bits per heavy atom. The molecule has 0 aromatic carbocycles. The molecule has 2 rings (SSSR count). The van der Waals surface area contributed by atoms with Gasteiger partial charge in [0.25, 0.3) is 0 Å². The van der Waals surface area contributed by atoms with Crippen molar-refractivity contribution in [1.29, 1.82) is 0 Å². The van der Waals surface area contributed by atoms with Crippen molar-refractivity contribution >= 4 is 5.97 Å². The lowest BCUT2D eigenvalue weighted by Gasteiger charge is -1.94. The van der Waals surface area contributed by atoms with Crippen LogP contribution in [0.4, 0.5) is 8.78 Å². The maximum Gasteiger partial charge on any atom is 0.360 e. The van der Waals surface area contributed by atoms with Crippen LogP contribution in [0.2, 0.25) is 0 Å². The molecule has 0 bridgehead atoms. The number of nitrogens with zero attached hydrogens (tertiary/aromatic N) is 2. The Kier molecular flexibility index (Phi) is 7.02. The lowest BCUT2D eigenvalue weighted by Crippen LogP contribution is -2.04. The van der Waals surface area contributed by atoms with Crippen LogP contribution in [0.3, 0.4) is 0 Å². The summed E-state index contributed by atoms with van der Waals surface area (Å²) in [7, 11) is 0. The molecular weight excluding hydrogens is 290 g/mol. The minimum absolute atomic E-state index is 0.00417. The monoisotopic (exact) mass is 304 g/mol. The minimum atomic E-state index is -0.771. The number of ether oxygens (including phenoxy) is 1. The normalized spacial score (nSPS) is 9.90. The molecule has 0 radical (unpaired) electrons. The molecule has 0 fully saturated rings. The third-order valence-corrected chi connectivity index (χ3v) is 2.08. The van der Waals surface area contributed by atoms with Crippen LogP contribution in [0.15, 0.2) is 21.2 Å². The molecule has 2 aromatic rings. The van der Waals surface area contributed by atoms with Gasteiger partial charge in [-0.05, 0) is 6.92 Å². The Morgan fingerprint density at radius 3 is 2.29 bits per heavy atom. The topological polar surface area (TPSA) is 98.6 Å². The molecule has 1 N–H and O–H groups in total. The molecule has 2 heterocycles. The Hall–Kier alpha value is -2.29. The van der Waals surface area contributed by atoms with Gasteiger partial charge >= 0.3 is 5.97 Å². The summed E-state index contributed by atoms with van der Waals surface area (Å²) >= 11 is 0. The van der Waals surface area contributed by atoms with Crippen LogP contribution in [0.5, 0.6) is 0 Å². The van der Waals surface area contributed by atoms with E-state index in [1.165, 1.54) is 12.1 Å². The number of hydrogen-bond acceptors (Lipinski definition) is 7. The van der Waals surface area contributed by atoms with Crippen LogP contribution in [-0.2, 0) is 24.7 Å². The molecule has 0 amide bonds. The van der Waals surface area contributed by atoms with Gasteiger partial charge in [0.05, 0.1) is 13.2 Å². The van der Waals surface area contributed by atoms with Gasteiger partial charge in [-0.1, -0.05) is 10.3 Å². The van der Waals surface area contributed by atoms with Gasteiger partial charge in [0.15, 0.2) is 17.2 Å². The van der Waals surface area contributed by atoms with Crippen molar-refractivity contribution in [3.8, 4) is 0 Å². The van der Waals surface area contributed by atoms with Gasteiger partial charge in [-0.25, -0.2) is 13.6 Å². The summed E-state index contributed by atoms with van der Waals surface area (Å²) in [6, 6.07) is 2.60. The second-order valence-corrected chi connectivity index (χ2v) is 3.61. The fourth-order valence-corrected chi connectivity index (χ4v) is 1.17. The first-order valence-corrected chi connectivity index (χ1v) is 5.94. The maximum absolute atomic E-state index is 11.9. The van der Waals surface area contributed by atoms with Gasteiger partial charge in [-0.15, -0.1) is 0 Å². The van der Waals surface area contributed by atoms with Gasteiger partial charge in [-0.2, -0.15) is 0 Å². The second-order valence-electron chi connectivity index (χ2n) is 3.61. The predicted molar refractivity (Wildman–Crippen MR) is 64.5 cm³/mol. The first kappa shape index (κ1) is 16.8. The third kappa shape index (κ3) is 5.30. The number of rotatable bonds is 5. The van der Waals surface area contributed by atoms with E-state index >= 15 is 0 Å². The van der Waals surface area contributed by atoms with Crippen LogP contribution in [0.25, 0.3) is 0 Å². The fourth-order valence-electron chi connectivity index (χ4n) is 1.17. The number of esters is 1. The molecule has 9 heteroatoms. The molecule has 2 aromatic heterocycles. The molecule has 21 heavy (non-hydrogen) atoms. The van der Waals surface area contributed by atoms with Crippen molar-refractivity contribution in [3.05, 3.63) is 35.0 Å². The Balaban J connectivity index is 0.000000219. The second kappa shape index (κ2) is 8.80. The quantitative estimate of drug-likeness (QED) is 0.843. The van der Waals surface area contributed by atoms with E-state index < -0.39 is 19.3 Å². The van der Waals surface area contributed by atoms with E-state index in [0.717, 1.165) is 0 Å². The summed E-state index contributed by atoms with van der Waals surface area (Å²) in [4.78, 5) is 10.9. The van der Waals surface area contributed by atoms with Crippen LogP contribution >= 0.6 is 0 Å². The number of aliphatic hydroxyl groups is 1. The Bertz CT molecular complexity index is 537. The first-order chi connectivity index (χ1) is 10.1. The molecule has 0 aliphatic rings. The average Bonchev–Trinajstić information content (AvgIpc) is 3.16. The van der Waals surface area contributed by atoms with Crippen LogP contribution in [0, 0.1) is 0 Å². The lowest BCUT2D eigenvalue weighted by atomic mass is 10.4. The minimum Gasteiger partial charge on any atom is -0.461 e. The summed E-state index contributed by atoms with van der Waals surface area (Å²) in [5, 5.41) is 15.1. The molecular formula is C12H14F2N2O5. The summed E-state index contributed by atoms with van der Waals surface area (Å²) < 4.78 is 37.0. The number of hydrogen-bond donors (Lipinski definition) is 1. The zero-order valence-corrected chi connectivity index (χ0v) is 11.2. The van der Waals surface area contributed by atoms with E-state index in [0.29, 0.717) is 5.69 Å². The SMILES string of the molecule is CCOC(=O)c1cc(CF)on1.OCc1cc(CF)on1. The Morgan fingerprint density at radius 1 is 1.24 bits per heavy atom. The summed E-state index contributed by atoms with van der Waals surface area (Å²) in [6.07, 6.45) is 0. The van der Waals surface area contributed by atoms with E-state index in [1.54, 1.807) is 6.92 Å². The van der Waals surface area contributed by atoms with E-state index in [9.17, 15) is 13.6 Å². The highest BCUT2D eigenvalue weighted by molar-refractivity contribution is 5.87. The smallest absolute Gasteiger partial charge is 0.360 e. The van der Waals surface area contributed by atoms with E-state index in [2.05, 4.69) is 24.1 Å². The van der Waals surface area contributed by atoms with Crippen molar-refractivity contribution in [1.82, 2.24) is 10.3 Å². The predicted octanol–water partition coefficient (Wildman–Crippen LogP) is 1.96. The Labute approximate surface area is 118 Å². The number of halogens is 2. The van der Waals surface area contributed by atoms with Gasteiger partial charge in [0.2, 0.25) is 0 Å². The molecule has 0 spiro atoms. The van der Waals surface area contributed by atoms with E-state index in [1.807, 2.05) is 0 Å². The van der Waals surface area contributed by atoms with Gasteiger partial charge in [0.1, 0.15) is 19.0 Å². The van der Waals surface area contributed by atoms with Gasteiger partial charge in [0, 0.05) is 12.1 Å². The molecule has 0 atom stereocenters. The lowest BCUT2D eigenvalue weighted by molar-refractivity contribution is 0.0514. The first-order valence-electron chi connectivity index (χ1n) is 5.94. The maximum atomic E-state index is 11.9. The molecule has 0 unspecified atom stereocenters. The van der Waals surface area contributed by atoms with Crippen molar-refractivity contribution in [3.63, 3.8) is 0 Å². The number of aromatic nitrogens is 2. The highest BCUT2D eigenvalue weighted by Gasteiger charge is 2.12. The fraction of sp³-hybridized carbons (Fsp3) is 0.417. The highest BCUT2D eigenvalue weighted by Crippen LogP contribution is 2.06. The van der Waals surface area contributed by atoms with Crippen LogP contribution in [0.1, 0.15) is 34.6 Å². The van der Waals surface area contributed by atoms with Crippen molar-refractivity contribution in [2.45, 2.75) is 26.9 Å². The number of carbonyl (C=O) groups excluding carboxylic acids is 1. The number of carbonyl (C=O) groups is 1. The van der Waals surface area contributed by atoms with E-state index in [4.69, 9.17) is 5.11 Å². The van der Waals surface area contributed by atoms with Gasteiger partial charge in [-0.3, -0.25) is 0 Å². The largest absolute Gasteiger partial charge is 0.461 e. The number of aliphatic hydroxyl groups excluding tert-OH is 1. The van der Waals surface area contributed by atoms with Crippen molar-refractivity contribution in [2.24, 2.45) is 0 Å². The molecule has 0 aliphatic carbocycles. The molecule has 0 aliphatic heterocycles. The average molecular weight is 304 g/mol. The summed E-state index contributed by atoms with van der Waals surface area (Å²) in [5.74, 6) is -0.418. The molecule has 116 valence electrons. The number of alkyl halides is 2.